The number of nitrogens with zero attached hydrogens (tertiary/aromatic N) is 3. The van der Waals surface area contributed by atoms with Gasteiger partial charge in [-0.2, -0.15) is 0 Å². The van der Waals surface area contributed by atoms with Gasteiger partial charge in [0.25, 0.3) is 5.56 Å². The lowest BCUT2D eigenvalue weighted by Gasteiger charge is -2.35. The number of aryl methyl sites for hydroxylation is 2. The van der Waals surface area contributed by atoms with Crippen molar-refractivity contribution in [3.8, 4) is 0 Å². The summed E-state index contributed by atoms with van der Waals surface area (Å²) in [5.41, 5.74) is 1.02. The Labute approximate surface area is 174 Å². The monoisotopic (exact) mass is 423 g/mol. The zero-order valence-corrected chi connectivity index (χ0v) is 19.1. The maximum atomic E-state index is 13.2. The van der Waals surface area contributed by atoms with Gasteiger partial charge in [0.1, 0.15) is 4.83 Å². The van der Waals surface area contributed by atoms with Gasteiger partial charge in [0, 0.05) is 24.5 Å². The second-order valence-corrected chi connectivity index (χ2v) is 10.2. The first kappa shape index (κ1) is 21.3. The molecule has 1 aliphatic rings. The number of hydrogen-bond acceptors (Lipinski definition) is 6. The quantitative estimate of drug-likeness (QED) is 0.544. The van der Waals surface area contributed by atoms with Crippen LogP contribution in [0.15, 0.2) is 9.95 Å². The van der Waals surface area contributed by atoms with Gasteiger partial charge in [0.15, 0.2) is 5.16 Å². The summed E-state index contributed by atoms with van der Waals surface area (Å²) in [4.78, 5) is 34.4. The Bertz CT molecular complexity index is 925. The number of hydrogen-bond donors (Lipinski definition) is 0. The Morgan fingerprint density at radius 1 is 1.29 bits per heavy atom. The lowest BCUT2D eigenvalue weighted by molar-refractivity contribution is -0.140. The summed E-state index contributed by atoms with van der Waals surface area (Å²) in [6.45, 7) is 13.9. The summed E-state index contributed by atoms with van der Waals surface area (Å²) in [6, 6.07) is 0. The molecule has 1 amide bonds. The van der Waals surface area contributed by atoms with Gasteiger partial charge in [0.2, 0.25) is 5.91 Å². The van der Waals surface area contributed by atoms with Crippen LogP contribution in [0.1, 0.15) is 38.1 Å². The minimum Gasteiger partial charge on any atom is -0.372 e. The van der Waals surface area contributed by atoms with Crippen molar-refractivity contribution in [2.24, 2.45) is 5.92 Å². The van der Waals surface area contributed by atoms with Crippen molar-refractivity contribution in [2.45, 2.75) is 65.5 Å². The molecule has 1 aliphatic heterocycles. The Morgan fingerprint density at radius 3 is 2.54 bits per heavy atom. The lowest BCUT2D eigenvalue weighted by atomic mass is 10.2. The van der Waals surface area contributed by atoms with Crippen LogP contribution in [-0.2, 0) is 16.1 Å². The zero-order valence-electron chi connectivity index (χ0n) is 17.4. The second kappa shape index (κ2) is 8.55. The number of fused-ring (bicyclic) bond motifs is 1. The van der Waals surface area contributed by atoms with Crippen molar-refractivity contribution in [3.05, 3.63) is 20.8 Å². The van der Waals surface area contributed by atoms with Gasteiger partial charge in [-0.25, -0.2) is 4.98 Å². The molecular formula is C20H29N3O3S2. The van der Waals surface area contributed by atoms with E-state index in [1.165, 1.54) is 11.8 Å². The molecule has 0 saturated carbocycles. The Balaban J connectivity index is 1.87. The zero-order chi connectivity index (χ0) is 20.6. The number of thioether (sulfide) groups is 1. The van der Waals surface area contributed by atoms with E-state index >= 15 is 0 Å². The van der Waals surface area contributed by atoms with Crippen LogP contribution >= 0.6 is 23.1 Å². The van der Waals surface area contributed by atoms with Crippen molar-refractivity contribution in [3.63, 3.8) is 0 Å². The first-order chi connectivity index (χ1) is 13.2. The van der Waals surface area contributed by atoms with Gasteiger partial charge in [0.05, 0.1) is 23.3 Å². The Kier molecular flexibility index (Phi) is 6.51. The molecule has 0 spiro atoms. The summed E-state index contributed by atoms with van der Waals surface area (Å²) in [6.07, 6.45) is 0.0896. The molecule has 0 aromatic carbocycles. The highest BCUT2D eigenvalue weighted by atomic mass is 32.2. The third-order valence-corrected chi connectivity index (χ3v) is 6.96. The van der Waals surface area contributed by atoms with E-state index in [1.54, 1.807) is 15.9 Å². The molecule has 3 rings (SSSR count). The number of amides is 1. The molecule has 6 nitrogen and oxygen atoms in total. The van der Waals surface area contributed by atoms with Crippen molar-refractivity contribution >= 4 is 39.2 Å². The summed E-state index contributed by atoms with van der Waals surface area (Å²) in [5, 5.41) is 1.35. The Hall–Kier alpha value is -1.38. The second-order valence-electron chi connectivity index (χ2n) is 8.01. The van der Waals surface area contributed by atoms with Crippen LogP contribution in [0.25, 0.3) is 10.2 Å². The molecular weight excluding hydrogens is 394 g/mol. The van der Waals surface area contributed by atoms with E-state index in [9.17, 15) is 9.59 Å². The first-order valence-electron chi connectivity index (χ1n) is 9.74. The summed E-state index contributed by atoms with van der Waals surface area (Å²) in [7, 11) is 0. The smallest absolute Gasteiger partial charge is 0.263 e. The van der Waals surface area contributed by atoms with Crippen LogP contribution in [0, 0.1) is 19.8 Å². The van der Waals surface area contributed by atoms with Gasteiger partial charge in [-0.15, -0.1) is 11.3 Å². The fourth-order valence-corrected chi connectivity index (χ4v) is 5.53. The van der Waals surface area contributed by atoms with Crippen LogP contribution in [0.2, 0.25) is 0 Å². The number of carbonyl (C=O) groups excluding carboxylic acids is 1. The van der Waals surface area contributed by atoms with Gasteiger partial charge in [-0.3, -0.25) is 14.2 Å². The summed E-state index contributed by atoms with van der Waals surface area (Å²) < 4.78 is 7.46. The standard InChI is InChI=1S/C20H29N3O3S2/c1-11(2)7-23-19(25)17-14(5)15(6)28-18(17)21-20(23)27-10-16(24)22-8-12(3)26-13(4)9-22/h11-13H,7-10H2,1-6H3/t12-,13+. The maximum Gasteiger partial charge on any atom is 0.263 e. The van der Waals surface area contributed by atoms with Crippen molar-refractivity contribution in [1.82, 2.24) is 14.5 Å². The number of thiophene rings is 1. The van der Waals surface area contributed by atoms with Gasteiger partial charge >= 0.3 is 0 Å². The van der Waals surface area contributed by atoms with Gasteiger partial charge < -0.3 is 9.64 Å². The highest BCUT2D eigenvalue weighted by Gasteiger charge is 2.26. The van der Waals surface area contributed by atoms with Crippen LogP contribution in [0.4, 0.5) is 0 Å². The summed E-state index contributed by atoms with van der Waals surface area (Å²) >= 11 is 2.91. The van der Waals surface area contributed by atoms with E-state index in [0.717, 1.165) is 20.7 Å². The molecule has 0 N–H and O–H groups in total. The van der Waals surface area contributed by atoms with E-state index in [0.29, 0.717) is 30.7 Å². The molecule has 0 radical (unpaired) electrons. The molecule has 0 bridgehead atoms. The molecule has 154 valence electrons. The minimum atomic E-state index is 0.00381. The highest BCUT2D eigenvalue weighted by Crippen LogP contribution is 2.29. The predicted molar refractivity (Wildman–Crippen MR) is 116 cm³/mol. The van der Waals surface area contributed by atoms with Crippen LogP contribution in [-0.4, -0.2) is 51.4 Å². The van der Waals surface area contributed by atoms with Gasteiger partial charge in [-0.1, -0.05) is 25.6 Å². The molecule has 2 aromatic heterocycles. The molecule has 0 unspecified atom stereocenters. The van der Waals surface area contributed by atoms with Crippen molar-refractivity contribution < 1.29 is 9.53 Å². The minimum absolute atomic E-state index is 0.00381. The van der Waals surface area contributed by atoms with E-state index in [4.69, 9.17) is 9.72 Å². The third kappa shape index (κ3) is 4.44. The SMILES string of the molecule is Cc1sc2nc(SCC(=O)N3C[C@@H](C)O[C@@H](C)C3)n(CC(C)C)c(=O)c2c1C. The third-order valence-electron chi connectivity index (χ3n) is 4.90. The fourth-order valence-electron chi connectivity index (χ4n) is 3.54. The highest BCUT2D eigenvalue weighted by molar-refractivity contribution is 7.99. The molecule has 2 atom stereocenters. The fraction of sp³-hybridized carbons (Fsp3) is 0.650. The topological polar surface area (TPSA) is 64.4 Å². The number of carbonyl (C=O) groups is 1. The number of aromatic nitrogens is 2. The largest absolute Gasteiger partial charge is 0.372 e. The van der Waals surface area contributed by atoms with Crippen LogP contribution in [0.3, 0.4) is 0 Å². The Morgan fingerprint density at radius 2 is 1.93 bits per heavy atom. The number of ether oxygens (including phenoxy) is 1. The van der Waals surface area contributed by atoms with Gasteiger partial charge in [-0.05, 0) is 39.2 Å². The van der Waals surface area contributed by atoms with Crippen LogP contribution in [0.5, 0.6) is 0 Å². The molecule has 3 heterocycles. The number of rotatable bonds is 5. The summed E-state index contributed by atoms with van der Waals surface area (Å²) in [5.74, 6) is 0.655. The van der Waals surface area contributed by atoms with E-state index < -0.39 is 0 Å². The average Bonchev–Trinajstić information content (AvgIpc) is 2.88. The molecule has 0 aliphatic carbocycles. The first-order valence-corrected chi connectivity index (χ1v) is 11.5. The average molecular weight is 424 g/mol. The van der Waals surface area contributed by atoms with Crippen LogP contribution < -0.4 is 5.56 Å². The van der Waals surface area contributed by atoms with E-state index in [-0.39, 0.29) is 29.4 Å². The lowest BCUT2D eigenvalue weighted by Crippen LogP contribution is -2.48. The molecule has 2 aromatic rings. The van der Waals surface area contributed by atoms with E-state index in [2.05, 4.69) is 13.8 Å². The van der Waals surface area contributed by atoms with Crippen molar-refractivity contribution in [1.29, 1.82) is 0 Å². The van der Waals surface area contributed by atoms with E-state index in [1.807, 2.05) is 32.6 Å². The normalized spacial score (nSPS) is 20.3. The molecule has 1 saturated heterocycles. The molecule has 1 fully saturated rings. The predicted octanol–water partition coefficient (Wildman–Crippen LogP) is 3.46. The number of morpholine rings is 1. The van der Waals surface area contributed by atoms with Crippen molar-refractivity contribution in [2.75, 3.05) is 18.8 Å². The molecule has 28 heavy (non-hydrogen) atoms. The molecule has 8 heteroatoms. The maximum absolute atomic E-state index is 13.2.